The number of hydrogen-bond acceptors (Lipinski definition) is 2. The molecule has 114 valence electrons. The van der Waals surface area contributed by atoms with Crippen LogP contribution >= 0.6 is 0 Å². The molecule has 0 amide bonds. The molecule has 2 nitrogen and oxygen atoms in total. The van der Waals surface area contributed by atoms with E-state index < -0.39 is 0 Å². The molecule has 2 aromatic rings. The van der Waals surface area contributed by atoms with Gasteiger partial charge in [0.1, 0.15) is 6.61 Å². The maximum atomic E-state index is 5.98. The summed E-state index contributed by atoms with van der Waals surface area (Å²) in [5.41, 5.74) is 2.19. The highest BCUT2D eigenvalue weighted by molar-refractivity contribution is 5.54. The lowest BCUT2D eigenvalue weighted by atomic mass is 9.86. The molecule has 0 atom stereocenters. The van der Waals surface area contributed by atoms with Gasteiger partial charge in [-0.05, 0) is 42.0 Å². The average Bonchev–Trinajstić information content (AvgIpc) is 2.53. The Kier molecular flexibility index (Phi) is 4.79. The zero-order valence-corrected chi connectivity index (χ0v) is 12.8. The van der Waals surface area contributed by atoms with Crippen molar-refractivity contribution < 1.29 is 9.47 Å². The fraction of sp³-hybridized carbons (Fsp3) is 0.300. The Morgan fingerprint density at radius 2 is 1.82 bits per heavy atom. The van der Waals surface area contributed by atoms with E-state index >= 15 is 0 Å². The van der Waals surface area contributed by atoms with E-state index in [4.69, 9.17) is 9.47 Å². The second-order valence-electron chi connectivity index (χ2n) is 5.79. The number of rotatable bonds is 7. The van der Waals surface area contributed by atoms with Crippen molar-refractivity contribution in [1.29, 1.82) is 0 Å². The Morgan fingerprint density at radius 1 is 1.00 bits per heavy atom. The number of ether oxygens (including phenoxy) is 2. The van der Waals surface area contributed by atoms with E-state index in [1.165, 1.54) is 19.3 Å². The van der Waals surface area contributed by atoms with Gasteiger partial charge in [-0.15, -0.1) is 0 Å². The molecular formula is C20H22O2. The van der Waals surface area contributed by atoms with Crippen LogP contribution in [0.25, 0.3) is 6.08 Å². The van der Waals surface area contributed by atoms with Crippen LogP contribution < -0.4 is 9.47 Å². The minimum Gasteiger partial charge on any atom is -0.489 e. The van der Waals surface area contributed by atoms with Crippen LogP contribution in [0.3, 0.4) is 0 Å². The van der Waals surface area contributed by atoms with Crippen molar-refractivity contribution in [3.8, 4) is 11.5 Å². The summed E-state index contributed by atoms with van der Waals surface area (Å²) in [6.07, 6.45) is 5.72. The van der Waals surface area contributed by atoms with Crippen molar-refractivity contribution in [3.05, 3.63) is 66.2 Å². The molecule has 1 aliphatic rings. The summed E-state index contributed by atoms with van der Waals surface area (Å²) < 4.78 is 11.9. The van der Waals surface area contributed by atoms with Gasteiger partial charge in [0.2, 0.25) is 0 Å². The third kappa shape index (κ3) is 3.70. The van der Waals surface area contributed by atoms with Crippen LogP contribution in [0, 0.1) is 5.92 Å². The molecule has 0 bridgehead atoms. The maximum Gasteiger partial charge on any atom is 0.162 e. The number of benzene rings is 2. The third-order valence-electron chi connectivity index (χ3n) is 4.14. The van der Waals surface area contributed by atoms with Crippen LogP contribution in [-0.2, 0) is 6.61 Å². The van der Waals surface area contributed by atoms with Gasteiger partial charge in [0, 0.05) is 0 Å². The first-order valence-electron chi connectivity index (χ1n) is 7.91. The van der Waals surface area contributed by atoms with Crippen molar-refractivity contribution in [2.75, 3.05) is 6.61 Å². The van der Waals surface area contributed by atoms with Crippen LogP contribution in [0.5, 0.6) is 11.5 Å². The third-order valence-corrected chi connectivity index (χ3v) is 4.14. The van der Waals surface area contributed by atoms with E-state index in [1.54, 1.807) is 0 Å². The van der Waals surface area contributed by atoms with Crippen LogP contribution in [0.2, 0.25) is 0 Å². The molecule has 0 saturated heterocycles. The molecule has 3 rings (SSSR count). The smallest absolute Gasteiger partial charge is 0.162 e. The molecule has 1 fully saturated rings. The predicted octanol–water partition coefficient (Wildman–Crippen LogP) is 5.09. The molecule has 0 radical (unpaired) electrons. The van der Waals surface area contributed by atoms with Crippen molar-refractivity contribution >= 4 is 6.08 Å². The summed E-state index contributed by atoms with van der Waals surface area (Å²) >= 11 is 0. The van der Waals surface area contributed by atoms with Gasteiger partial charge < -0.3 is 9.47 Å². The van der Waals surface area contributed by atoms with Crippen LogP contribution in [0.1, 0.15) is 30.4 Å². The normalized spacial score (nSPS) is 14.2. The molecule has 1 aliphatic carbocycles. The Bertz CT molecular complexity index is 615. The van der Waals surface area contributed by atoms with Crippen molar-refractivity contribution in [1.82, 2.24) is 0 Å². The second kappa shape index (κ2) is 7.17. The summed E-state index contributed by atoms with van der Waals surface area (Å²) in [7, 11) is 0. The molecule has 0 N–H and O–H groups in total. The molecule has 0 unspecified atom stereocenters. The standard InChI is InChI=1S/C20H22O2/c1-2-16-11-12-19(21-14-18-9-6-10-18)20(13-16)22-15-17-7-4-3-5-8-17/h2-5,7-8,11-13,18H,1,6,9-10,14-15H2. The van der Waals surface area contributed by atoms with Gasteiger partial charge in [0.15, 0.2) is 11.5 Å². The summed E-state index contributed by atoms with van der Waals surface area (Å²) in [4.78, 5) is 0. The minimum absolute atomic E-state index is 0.543. The topological polar surface area (TPSA) is 18.5 Å². The predicted molar refractivity (Wildman–Crippen MR) is 90.1 cm³/mol. The molecule has 2 aromatic carbocycles. The number of hydrogen-bond donors (Lipinski definition) is 0. The van der Waals surface area contributed by atoms with E-state index in [9.17, 15) is 0 Å². The van der Waals surface area contributed by atoms with Gasteiger partial charge in [0.25, 0.3) is 0 Å². The Balaban J connectivity index is 1.69. The monoisotopic (exact) mass is 294 g/mol. The average molecular weight is 294 g/mol. The lowest BCUT2D eigenvalue weighted by Gasteiger charge is -2.25. The van der Waals surface area contributed by atoms with Crippen LogP contribution in [0.15, 0.2) is 55.1 Å². The lowest BCUT2D eigenvalue weighted by Crippen LogP contribution is -2.19. The zero-order valence-electron chi connectivity index (χ0n) is 12.8. The maximum absolute atomic E-state index is 5.98. The summed E-state index contributed by atoms with van der Waals surface area (Å²) in [5, 5.41) is 0. The van der Waals surface area contributed by atoms with E-state index in [0.717, 1.165) is 29.2 Å². The fourth-order valence-corrected chi connectivity index (χ4v) is 2.49. The molecule has 0 aliphatic heterocycles. The highest BCUT2D eigenvalue weighted by Crippen LogP contribution is 2.32. The first-order valence-corrected chi connectivity index (χ1v) is 7.91. The molecular weight excluding hydrogens is 272 g/mol. The Morgan fingerprint density at radius 3 is 2.50 bits per heavy atom. The summed E-state index contributed by atoms with van der Waals surface area (Å²) in [6.45, 7) is 5.15. The van der Waals surface area contributed by atoms with E-state index in [-0.39, 0.29) is 0 Å². The first-order chi connectivity index (χ1) is 10.8. The summed E-state index contributed by atoms with van der Waals surface area (Å²) in [6, 6.07) is 16.2. The van der Waals surface area contributed by atoms with Gasteiger partial charge in [-0.25, -0.2) is 0 Å². The highest BCUT2D eigenvalue weighted by atomic mass is 16.5. The molecule has 22 heavy (non-hydrogen) atoms. The Labute approximate surface area is 132 Å². The van der Waals surface area contributed by atoms with Gasteiger partial charge in [-0.3, -0.25) is 0 Å². The fourth-order valence-electron chi connectivity index (χ4n) is 2.49. The first kappa shape index (κ1) is 14.7. The second-order valence-corrected chi connectivity index (χ2v) is 5.79. The van der Waals surface area contributed by atoms with Gasteiger partial charge in [0.05, 0.1) is 6.61 Å². The molecule has 0 aromatic heterocycles. The molecule has 0 spiro atoms. The van der Waals surface area contributed by atoms with Crippen molar-refractivity contribution in [2.24, 2.45) is 5.92 Å². The zero-order chi connectivity index (χ0) is 15.2. The Hall–Kier alpha value is -2.22. The molecule has 1 saturated carbocycles. The van der Waals surface area contributed by atoms with E-state index in [1.807, 2.05) is 42.5 Å². The molecule has 2 heteroatoms. The van der Waals surface area contributed by atoms with Gasteiger partial charge in [-0.2, -0.15) is 0 Å². The van der Waals surface area contributed by atoms with Crippen LogP contribution in [0.4, 0.5) is 0 Å². The van der Waals surface area contributed by atoms with Gasteiger partial charge >= 0.3 is 0 Å². The van der Waals surface area contributed by atoms with Crippen LogP contribution in [-0.4, -0.2) is 6.61 Å². The summed E-state index contributed by atoms with van der Waals surface area (Å²) in [5.74, 6) is 2.33. The lowest BCUT2D eigenvalue weighted by molar-refractivity contribution is 0.172. The quantitative estimate of drug-likeness (QED) is 0.708. The van der Waals surface area contributed by atoms with Crippen molar-refractivity contribution in [2.45, 2.75) is 25.9 Å². The highest BCUT2D eigenvalue weighted by Gasteiger charge is 2.18. The van der Waals surface area contributed by atoms with E-state index in [0.29, 0.717) is 12.5 Å². The van der Waals surface area contributed by atoms with Crippen molar-refractivity contribution in [3.63, 3.8) is 0 Å². The van der Waals surface area contributed by atoms with E-state index in [2.05, 4.69) is 18.7 Å². The molecule has 0 heterocycles. The largest absolute Gasteiger partial charge is 0.489 e. The van der Waals surface area contributed by atoms with Gasteiger partial charge in [-0.1, -0.05) is 55.5 Å². The minimum atomic E-state index is 0.543. The SMILES string of the molecule is C=Cc1ccc(OCC2CCC2)c(OCc2ccccc2)c1.